The number of hydrogen-bond acceptors (Lipinski definition) is 3. The molecule has 2 rings (SSSR count). The minimum atomic E-state index is -0.957. The highest BCUT2D eigenvalue weighted by atomic mass is 32.1. The second-order valence-corrected chi connectivity index (χ2v) is 5.24. The fraction of sp³-hybridized carbons (Fsp3) is 0.385. The molecule has 0 unspecified atom stereocenters. The number of nitrogens with zero attached hydrogens (tertiary/aromatic N) is 1. The van der Waals surface area contributed by atoms with Gasteiger partial charge in [-0.05, 0) is 35.9 Å². The molecule has 4 nitrogen and oxygen atoms in total. The largest absolute Gasteiger partial charge is 0.478 e. The van der Waals surface area contributed by atoms with Crippen LogP contribution >= 0.6 is 11.3 Å². The van der Waals surface area contributed by atoms with Gasteiger partial charge >= 0.3 is 5.97 Å². The highest BCUT2D eigenvalue weighted by Gasteiger charge is 2.19. The third kappa shape index (κ3) is 3.20. The Hall–Kier alpha value is -1.62. The summed E-state index contributed by atoms with van der Waals surface area (Å²) < 4.78 is 0. The fourth-order valence-corrected chi connectivity index (χ4v) is 2.87. The molecule has 18 heavy (non-hydrogen) atoms. The molecule has 1 N–H and O–H groups in total. The first kappa shape index (κ1) is 12.8. The smallest absolute Gasteiger partial charge is 0.328 e. The lowest BCUT2D eigenvalue weighted by atomic mass is 10.1. The van der Waals surface area contributed by atoms with Crippen LogP contribution in [0.4, 0.5) is 0 Å². The molecule has 5 heteroatoms. The van der Waals surface area contributed by atoms with Crippen molar-refractivity contribution in [3.63, 3.8) is 0 Å². The molecular weight excluding hydrogens is 250 g/mol. The van der Waals surface area contributed by atoms with Crippen LogP contribution in [0.25, 0.3) is 6.08 Å². The molecule has 1 amide bonds. The quantitative estimate of drug-likeness (QED) is 0.850. The van der Waals surface area contributed by atoms with Crippen molar-refractivity contribution in [2.75, 3.05) is 6.54 Å². The lowest BCUT2D eigenvalue weighted by Gasteiger charge is -2.26. The molecule has 1 aromatic rings. The lowest BCUT2D eigenvalue weighted by molar-refractivity contribution is -0.134. The summed E-state index contributed by atoms with van der Waals surface area (Å²) in [5.41, 5.74) is 0.890. The van der Waals surface area contributed by atoms with Crippen molar-refractivity contribution in [2.24, 2.45) is 0 Å². The Balaban J connectivity index is 2.07. The van der Waals surface area contributed by atoms with Gasteiger partial charge in [-0.15, -0.1) is 11.3 Å². The van der Waals surface area contributed by atoms with Crippen molar-refractivity contribution in [3.05, 3.63) is 28.0 Å². The van der Waals surface area contributed by atoms with E-state index in [1.165, 1.54) is 0 Å². The van der Waals surface area contributed by atoms with Crippen LogP contribution in [-0.4, -0.2) is 28.4 Å². The van der Waals surface area contributed by atoms with Crippen LogP contribution in [0.2, 0.25) is 0 Å². The van der Waals surface area contributed by atoms with Crippen LogP contribution in [0.15, 0.2) is 17.5 Å². The summed E-state index contributed by atoms with van der Waals surface area (Å²) in [6.07, 6.45) is 5.38. The summed E-state index contributed by atoms with van der Waals surface area (Å²) in [6, 6.07) is 1.88. The molecule has 0 aromatic carbocycles. The third-order valence-electron chi connectivity index (χ3n) is 2.94. The molecule has 0 bridgehead atoms. The highest BCUT2D eigenvalue weighted by molar-refractivity contribution is 7.10. The van der Waals surface area contributed by atoms with Gasteiger partial charge in [0, 0.05) is 23.9 Å². The first-order chi connectivity index (χ1) is 8.66. The Morgan fingerprint density at radius 1 is 1.50 bits per heavy atom. The van der Waals surface area contributed by atoms with E-state index in [2.05, 4.69) is 0 Å². The predicted molar refractivity (Wildman–Crippen MR) is 70.3 cm³/mol. The van der Waals surface area contributed by atoms with Crippen LogP contribution < -0.4 is 0 Å². The predicted octanol–water partition coefficient (Wildman–Crippen LogP) is 2.36. The van der Waals surface area contributed by atoms with Crippen molar-refractivity contribution in [1.29, 1.82) is 0 Å². The van der Waals surface area contributed by atoms with Gasteiger partial charge in [-0.2, -0.15) is 0 Å². The minimum absolute atomic E-state index is 0.197. The SMILES string of the molecule is O=C(O)C=Cc1ccsc1CN1CCCCC1=O. The van der Waals surface area contributed by atoms with Gasteiger partial charge in [0.05, 0.1) is 6.54 Å². The highest BCUT2D eigenvalue weighted by Crippen LogP contribution is 2.22. The van der Waals surface area contributed by atoms with E-state index in [0.29, 0.717) is 13.0 Å². The minimum Gasteiger partial charge on any atom is -0.478 e. The van der Waals surface area contributed by atoms with E-state index in [9.17, 15) is 9.59 Å². The number of thiophene rings is 1. The molecule has 1 aromatic heterocycles. The van der Waals surface area contributed by atoms with Gasteiger partial charge in [0.25, 0.3) is 0 Å². The first-order valence-electron chi connectivity index (χ1n) is 5.92. The van der Waals surface area contributed by atoms with Gasteiger partial charge in [0.2, 0.25) is 5.91 Å². The molecule has 1 aliphatic heterocycles. The van der Waals surface area contributed by atoms with Gasteiger partial charge in [-0.3, -0.25) is 4.79 Å². The topological polar surface area (TPSA) is 57.6 Å². The molecular formula is C13H15NO3S. The molecule has 0 radical (unpaired) electrons. The summed E-state index contributed by atoms with van der Waals surface area (Å²) in [7, 11) is 0. The average Bonchev–Trinajstić information content (AvgIpc) is 2.77. The Morgan fingerprint density at radius 3 is 3.06 bits per heavy atom. The summed E-state index contributed by atoms with van der Waals surface area (Å²) in [6.45, 7) is 1.40. The Morgan fingerprint density at radius 2 is 2.33 bits per heavy atom. The summed E-state index contributed by atoms with van der Waals surface area (Å²) in [5, 5.41) is 10.5. The number of carboxylic acids is 1. The number of rotatable bonds is 4. The van der Waals surface area contributed by atoms with Crippen LogP contribution in [0.1, 0.15) is 29.7 Å². The maximum Gasteiger partial charge on any atom is 0.328 e. The second-order valence-electron chi connectivity index (χ2n) is 4.24. The van der Waals surface area contributed by atoms with Crippen LogP contribution in [0.5, 0.6) is 0 Å². The van der Waals surface area contributed by atoms with E-state index in [1.54, 1.807) is 17.4 Å². The van der Waals surface area contributed by atoms with E-state index < -0.39 is 5.97 Å². The summed E-state index contributed by atoms with van der Waals surface area (Å²) >= 11 is 1.56. The van der Waals surface area contributed by atoms with Crippen LogP contribution in [0, 0.1) is 0 Å². The van der Waals surface area contributed by atoms with Crippen molar-refractivity contribution >= 4 is 29.3 Å². The number of piperidine rings is 1. The number of likely N-dealkylation sites (tertiary alicyclic amines) is 1. The molecule has 1 aliphatic rings. The molecule has 0 saturated carbocycles. The third-order valence-corrected chi connectivity index (χ3v) is 3.86. The van der Waals surface area contributed by atoms with Crippen molar-refractivity contribution in [3.8, 4) is 0 Å². The Kier molecular flexibility index (Phi) is 4.15. The number of carbonyl (C=O) groups excluding carboxylic acids is 1. The lowest BCUT2D eigenvalue weighted by Crippen LogP contribution is -2.34. The van der Waals surface area contributed by atoms with Crippen molar-refractivity contribution in [2.45, 2.75) is 25.8 Å². The van der Waals surface area contributed by atoms with Crippen molar-refractivity contribution < 1.29 is 14.7 Å². The zero-order chi connectivity index (χ0) is 13.0. The number of hydrogen-bond donors (Lipinski definition) is 1. The average molecular weight is 265 g/mol. The van der Waals surface area contributed by atoms with Crippen LogP contribution in [0.3, 0.4) is 0 Å². The van der Waals surface area contributed by atoms with Crippen LogP contribution in [-0.2, 0) is 16.1 Å². The van der Waals surface area contributed by atoms with E-state index in [0.717, 1.165) is 35.9 Å². The number of amides is 1. The Bertz CT molecular complexity index is 478. The van der Waals surface area contributed by atoms with E-state index >= 15 is 0 Å². The molecule has 0 spiro atoms. The molecule has 0 aliphatic carbocycles. The monoisotopic (exact) mass is 265 g/mol. The summed E-state index contributed by atoms with van der Waals surface area (Å²) in [4.78, 5) is 25.1. The molecule has 2 heterocycles. The van der Waals surface area contributed by atoms with Gasteiger partial charge < -0.3 is 10.0 Å². The number of aliphatic carboxylic acids is 1. The number of carbonyl (C=O) groups is 2. The van der Waals surface area contributed by atoms with E-state index in [4.69, 9.17) is 5.11 Å². The Labute approximate surface area is 110 Å². The molecule has 1 fully saturated rings. The molecule has 0 atom stereocenters. The van der Waals surface area contributed by atoms with E-state index in [-0.39, 0.29) is 5.91 Å². The fourth-order valence-electron chi connectivity index (χ4n) is 1.99. The standard InChI is InChI=1S/C13H15NO3S/c15-12-3-1-2-7-14(12)9-11-10(6-8-18-11)4-5-13(16)17/h4-6,8H,1-3,7,9H2,(H,16,17). The number of carboxylic acid groups (broad SMARTS) is 1. The summed E-state index contributed by atoms with van der Waals surface area (Å²) in [5.74, 6) is -0.760. The van der Waals surface area contributed by atoms with Crippen molar-refractivity contribution in [1.82, 2.24) is 4.90 Å². The maximum absolute atomic E-state index is 11.7. The van der Waals surface area contributed by atoms with Gasteiger partial charge in [-0.1, -0.05) is 0 Å². The van der Waals surface area contributed by atoms with E-state index in [1.807, 2.05) is 16.3 Å². The van der Waals surface area contributed by atoms with Gasteiger partial charge in [0.15, 0.2) is 0 Å². The first-order valence-corrected chi connectivity index (χ1v) is 6.80. The van der Waals surface area contributed by atoms with Gasteiger partial charge in [0.1, 0.15) is 0 Å². The zero-order valence-electron chi connectivity index (χ0n) is 9.96. The molecule has 1 saturated heterocycles. The zero-order valence-corrected chi connectivity index (χ0v) is 10.8. The maximum atomic E-state index is 11.7. The second kappa shape index (κ2) is 5.82. The molecule has 96 valence electrons. The van der Waals surface area contributed by atoms with Gasteiger partial charge in [-0.25, -0.2) is 4.79 Å². The normalized spacial score (nSPS) is 16.4.